The van der Waals surface area contributed by atoms with Crippen LogP contribution in [-0.4, -0.2) is 4.57 Å². The molecular formula is C38H36N2. The summed E-state index contributed by atoms with van der Waals surface area (Å²) in [5, 5.41) is 2.71. The van der Waals surface area contributed by atoms with E-state index in [2.05, 4.69) is 146 Å². The second kappa shape index (κ2) is 8.60. The van der Waals surface area contributed by atoms with Gasteiger partial charge in [-0.1, -0.05) is 114 Å². The Kier molecular flexibility index (Phi) is 5.31. The van der Waals surface area contributed by atoms with Crippen molar-refractivity contribution in [2.24, 2.45) is 0 Å². The van der Waals surface area contributed by atoms with Gasteiger partial charge in [-0.15, -0.1) is 0 Å². The highest BCUT2D eigenvalue weighted by atomic mass is 15.2. The average Bonchev–Trinajstić information content (AvgIpc) is 3.33. The van der Waals surface area contributed by atoms with Crippen LogP contribution in [0.4, 0.5) is 17.1 Å². The molecule has 3 heterocycles. The van der Waals surface area contributed by atoms with Crippen LogP contribution in [-0.2, 0) is 10.8 Å². The maximum Gasteiger partial charge on any atom is 0.0586 e. The number of para-hydroxylation sites is 4. The minimum atomic E-state index is -0.175. The Balaban J connectivity index is 0.00000130. The van der Waals surface area contributed by atoms with Gasteiger partial charge in [0.1, 0.15) is 0 Å². The van der Waals surface area contributed by atoms with E-state index in [1.54, 1.807) is 0 Å². The van der Waals surface area contributed by atoms with Gasteiger partial charge in [0, 0.05) is 27.3 Å². The van der Waals surface area contributed by atoms with Crippen LogP contribution in [0, 0.1) is 0 Å². The van der Waals surface area contributed by atoms with Gasteiger partial charge in [0.25, 0.3) is 0 Å². The zero-order valence-electron chi connectivity index (χ0n) is 24.3. The Bertz CT molecular complexity index is 1920. The van der Waals surface area contributed by atoms with Gasteiger partial charge in [0.05, 0.1) is 28.1 Å². The molecule has 0 aliphatic carbocycles. The van der Waals surface area contributed by atoms with Crippen LogP contribution < -0.4 is 4.90 Å². The van der Waals surface area contributed by atoms with Crippen LogP contribution in [0.5, 0.6) is 0 Å². The van der Waals surface area contributed by atoms with Gasteiger partial charge in [-0.3, -0.25) is 0 Å². The average molecular weight is 521 g/mol. The monoisotopic (exact) mass is 520 g/mol. The first-order valence-electron chi connectivity index (χ1n) is 14.6. The minimum absolute atomic E-state index is 0.141. The summed E-state index contributed by atoms with van der Waals surface area (Å²) in [7, 11) is 0. The molecule has 0 unspecified atom stereocenters. The second-order valence-corrected chi connectivity index (χ2v) is 11.8. The first kappa shape index (κ1) is 24.7. The number of hydrogen-bond donors (Lipinski definition) is 0. The molecule has 0 atom stereocenters. The van der Waals surface area contributed by atoms with Crippen molar-refractivity contribution in [1.82, 2.24) is 4.57 Å². The maximum absolute atomic E-state index is 2.53. The van der Waals surface area contributed by atoms with Gasteiger partial charge in [0.2, 0.25) is 0 Å². The highest BCUT2D eigenvalue weighted by Gasteiger charge is 2.43. The summed E-state index contributed by atoms with van der Waals surface area (Å²) < 4.78 is 2.53. The number of aromatic nitrogens is 1. The lowest BCUT2D eigenvalue weighted by Gasteiger charge is -2.44. The Morgan fingerprint density at radius 1 is 0.525 bits per heavy atom. The summed E-state index contributed by atoms with van der Waals surface area (Å²) in [6, 6.07) is 40.3. The van der Waals surface area contributed by atoms with Gasteiger partial charge in [-0.2, -0.15) is 0 Å². The van der Waals surface area contributed by atoms with Crippen LogP contribution in [0.1, 0.15) is 63.8 Å². The fraction of sp³-hybridized carbons (Fsp3) is 0.211. The van der Waals surface area contributed by atoms with Crippen LogP contribution in [0.2, 0.25) is 0 Å². The number of benzene rings is 5. The van der Waals surface area contributed by atoms with Crippen molar-refractivity contribution in [3.63, 3.8) is 0 Å². The maximum atomic E-state index is 2.53. The van der Waals surface area contributed by atoms with Crippen molar-refractivity contribution >= 4 is 38.9 Å². The number of rotatable bonds is 1. The molecule has 5 aromatic carbocycles. The van der Waals surface area contributed by atoms with Crippen molar-refractivity contribution in [1.29, 1.82) is 0 Å². The quantitative estimate of drug-likeness (QED) is 0.209. The van der Waals surface area contributed by atoms with Crippen LogP contribution in [0.25, 0.3) is 27.5 Å². The summed E-state index contributed by atoms with van der Waals surface area (Å²) in [6.07, 6.45) is 0. The van der Waals surface area contributed by atoms with Gasteiger partial charge in [-0.05, 0) is 58.7 Å². The fourth-order valence-corrected chi connectivity index (χ4v) is 7.35. The predicted octanol–water partition coefficient (Wildman–Crippen LogP) is 10.6. The highest BCUT2D eigenvalue weighted by Crippen LogP contribution is 2.58. The molecule has 0 N–H and O–H groups in total. The third-order valence-corrected chi connectivity index (χ3v) is 9.11. The van der Waals surface area contributed by atoms with Crippen molar-refractivity contribution in [3.8, 4) is 5.69 Å². The van der Waals surface area contributed by atoms with E-state index >= 15 is 0 Å². The van der Waals surface area contributed by atoms with Crippen LogP contribution in [0.15, 0.2) is 109 Å². The summed E-state index contributed by atoms with van der Waals surface area (Å²) in [6.45, 7) is 13.6. The van der Waals surface area contributed by atoms with E-state index in [4.69, 9.17) is 0 Å². The lowest BCUT2D eigenvalue weighted by molar-refractivity contribution is 0.620. The first-order valence-corrected chi connectivity index (χ1v) is 14.6. The van der Waals surface area contributed by atoms with E-state index in [9.17, 15) is 0 Å². The molecule has 2 nitrogen and oxygen atoms in total. The molecule has 6 aromatic rings. The Labute approximate surface area is 237 Å². The van der Waals surface area contributed by atoms with Crippen molar-refractivity contribution in [3.05, 3.63) is 131 Å². The lowest BCUT2D eigenvalue weighted by Crippen LogP contribution is -2.33. The van der Waals surface area contributed by atoms with E-state index in [1.165, 1.54) is 66.8 Å². The summed E-state index contributed by atoms with van der Waals surface area (Å²) in [4.78, 5) is 2.49. The number of anilines is 3. The minimum Gasteiger partial charge on any atom is -0.310 e. The zero-order valence-corrected chi connectivity index (χ0v) is 24.3. The normalized spacial score (nSPS) is 15.6. The summed E-state index contributed by atoms with van der Waals surface area (Å²) in [5.41, 5.74) is 12.9. The van der Waals surface area contributed by atoms with Crippen molar-refractivity contribution in [2.75, 3.05) is 4.90 Å². The van der Waals surface area contributed by atoms with Gasteiger partial charge >= 0.3 is 0 Å². The van der Waals surface area contributed by atoms with E-state index < -0.39 is 0 Å². The molecule has 0 spiro atoms. The number of hydrogen-bond acceptors (Lipinski definition) is 1. The molecule has 0 fully saturated rings. The third-order valence-electron chi connectivity index (χ3n) is 9.11. The van der Waals surface area contributed by atoms with E-state index in [0.717, 1.165) is 0 Å². The Hall–Kier alpha value is -4.30. The molecule has 0 radical (unpaired) electrons. The molecule has 1 aromatic heterocycles. The third kappa shape index (κ3) is 3.05. The van der Waals surface area contributed by atoms with Gasteiger partial charge in [-0.25, -0.2) is 0 Å². The van der Waals surface area contributed by atoms with E-state index in [-0.39, 0.29) is 10.8 Å². The molecule has 0 bridgehead atoms. The molecule has 2 aliphatic heterocycles. The Morgan fingerprint density at radius 3 is 1.82 bits per heavy atom. The molecule has 0 amide bonds. The van der Waals surface area contributed by atoms with Gasteiger partial charge < -0.3 is 9.47 Å². The summed E-state index contributed by atoms with van der Waals surface area (Å²) >= 11 is 0. The van der Waals surface area contributed by atoms with Crippen LogP contribution in [0.3, 0.4) is 0 Å². The molecule has 2 heteroatoms. The number of fused-ring (bicyclic) bond motifs is 8. The molecule has 198 valence electrons. The molecule has 0 saturated carbocycles. The molecule has 2 aliphatic rings. The molecule has 8 rings (SSSR count). The van der Waals surface area contributed by atoms with Crippen molar-refractivity contribution in [2.45, 2.75) is 52.4 Å². The molecular weight excluding hydrogens is 484 g/mol. The number of nitrogens with zero attached hydrogens (tertiary/aromatic N) is 2. The highest BCUT2D eigenvalue weighted by molar-refractivity contribution is 6.16. The zero-order chi connectivity index (χ0) is 27.8. The van der Waals surface area contributed by atoms with Crippen molar-refractivity contribution < 1.29 is 0 Å². The predicted molar refractivity (Wildman–Crippen MR) is 171 cm³/mol. The Morgan fingerprint density at radius 2 is 1.10 bits per heavy atom. The van der Waals surface area contributed by atoms with Gasteiger partial charge in [0.15, 0.2) is 0 Å². The first-order chi connectivity index (χ1) is 19.4. The largest absolute Gasteiger partial charge is 0.310 e. The SMILES string of the molecule is CC.CC1(C)c2ccccc2N(c2ccccc2)c2cc3c4c(c21)c1ccccc1n4-c1ccccc1C3(C)C. The second-order valence-electron chi connectivity index (χ2n) is 11.8. The molecule has 40 heavy (non-hydrogen) atoms. The fourth-order valence-electron chi connectivity index (χ4n) is 7.35. The standard InChI is InChI=1S/C36H30N2.C2H6/c1-35(2)25-17-9-13-21-30(25)38-28-19-11-8-16-24(28)32-33-31(22-27(35)34(32)38)37(23-14-6-5-7-15-23)29-20-12-10-18-26(29)36(33,3)4;1-2/h5-22H,1-4H3;1-2H3. The van der Waals surface area contributed by atoms with E-state index in [1.807, 2.05) is 13.8 Å². The lowest BCUT2D eigenvalue weighted by atomic mass is 9.68. The topological polar surface area (TPSA) is 8.17 Å². The summed E-state index contributed by atoms with van der Waals surface area (Å²) in [5.74, 6) is 0. The molecule has 0 saturated heterocycles. The van der Waals surface area contributed by atoms with Crippen LogP contribution >= 0.6 is 0 Å². The van der Waals surface area contributed by atoms with E-state index in [0.29, 0.717) is 0 Å². The smallest absolute Gasteiger partial charge is 0.0586 e.